The smallest absolute Gasteiger partial charge is 0.121 e. The van der Waals surface area contributed by atoms with Crippen LogP contribution in [0.1, 0.15) is 5.56 Å². The van der Waals surface area contributed by atoms with E-state index in [0.717, 1.165) is 25.3 Å². The maximum absolute atomic E-state index is 9.45. The summed E-state index contributed by atoms with van der Waals surface area (Å²) in [6, 6.07) is 7.29. The zero-order valence-corrected chi connectivity index (χ0v) is 8.07. The van der Waals surface area contributed by atoms with Crippen LogP contribution in [0.2, 0.25) is 0 Å². The number of benzene rings is 1. The van der Waals surface area contributed by atoms with Crippen molar-refractivity contribution in [1.82, 2.24) is 5.32 Å². The molecule has 14 heavy (non-hydrogen) atoms. The molecular weight excluding hydrogens is 178 g/mol. The van der Waals surface area contributed by atoms with E-state index in [1.165, 1.54) is 0 Å². The van der Waals surface area contributed by atoms with Crippen molar-refractivity contribution in [3.8, 4) is 5.75 Å². The first-order valence-electron chi connectivity index (χ1n) is 4.91. The Balaban J connectivity index is 1.76. The number of ether oxygens (including phenoxy) is 1. The Hall–Kier alpha value is -1.06. The first-order chi connectivity index (χ1) is 6.86. The first kappa shape index (κ1) is 9.49. The minimum absolute atomic E-state index is 0.319. The summed E-state index contributed by atoms with van der Waals surface area (Å²) in [7, 11) is 0. The lowest BCUT2D eigenvalue weighted by Gasteiger charge is -2.26. The van der Waals surface area contributed by atoms with Crippen molar-refractivity contribution in [1.29, 1.82) is 0 Å². The van der Waals surface area contributed by atoms with Gasteiger partial charge in [0.05, 0.1) is 13.2 Å². The van der Waals surface area contributed by atoms with Crippen molar-refractivity contribution in [3.05, 3.63) is 29.8 Å². The van der Waals surface area contributed by atoms with Crippen LogP contribution < -0.4 is 5.32 Å². The molecule has 3 heteroatoms. The molecule has 3 nitrogen and oxygen atoms in total. The summed E-state index contributed by atoms with van der Waals surface area (Å²) in [5.74, 6) is 0.972. The number of nitrogens with one attached hydrogen (secondary N) is 1. The monoisotopic (exact) mass is 193 g/mol. The van der Waals surface area contributed by atoms with Gasteiger partial charge in [0.25, 0.3) is 0 Å². The highest BCUT2D eigenvalue weighted by atomic mass is 16.5. The Morgan fingerprint density at radius 3 is 2.79 bits per heavy atom. The Kier molecular flexibility index (Phi) is 3.01. The molecular formula is C11H15NO2. The highest BCUT2D eigenvalue weighted by Crippen LogP contribution is 2.16. The van der Waals surface area contributed by atoms with E-state index in [1.807, 2.05) is 18.2 Å². The standard InChI is InChI=1S/C11H15NO2/c13-11-4-2-1-3-10(11)8-14-7-9-5-12-6-9/h1-4,9,12-13H,5-8H2. The predicted octanol–water partition coefficient (Wildman–Crippen LogP) is 1.13. The second kappa shape index (κ2) is 4.44. The number of aromatic hydroxyl groups is 1. The average molecular weight is 193 g/mol. The molecule has 1 aliphatic heterocycles. The van der Waals surface area contributed by atoms with Crippen LogP contribution in [0.3, 0.4) is 0 Å². The maximum atomic E-state index is 9.45. The van der Waals surface area contributed by atoms with E-state index >= 15 is 0 Å². The minimum atomic E-state index is 0.319. The number of phenols is 1. The van der Waals surface area contributed by atoms with Gasteiger partial charge in [-0.2, -0.15) is 0 Å². The van der Waals surface area contributed by atoms with Crippen LogP contribution in [0, 0.1) is 5.92 Å². The van der Waals surface area contributed by atoms with Gasteiger partial charge in [-0.25, -0.2) is 0 Å². The fourth-order valence-corrected chi connectivity index (χ4v) is 1.43. The number of hydrogen-bond donors (Lipinski definition) is 2. The molecule has 0 aromatic heterocycles. The lowest BCUT2D eigenvalue weighted by Crippen LogP contribution is -2.44. The third-order valence-corrected chi connectivity index (χ3v) is 2.47. The topological polar surface area (TPSA) is 41.5 Å². The van der Waals surface area contributed by atoms with Crippen molar-refractivity contribution in [2.45, 2.75) is 6.61 Å². The summed E-state index contributed by atoms with van der Waals surface area (Å²) in [6.45, 7) is 3.39. The summed E-state index contributed by atoms with van der Waals surface area (Å²) in [5.41, 5.74) is 0.861. The molecule has 0 amide bonds. The van der Waals surface area contributed by atoms with E-state index in [9.17, 15) is 5.11 Å². The van der Waals surface area contributed by atoms with Gasteiger partial charge < -0.3 is 15.2 Å². The van der Waals surface area contributed by atoms with Crippen LogP contribution in [0.5, 0.6) is 5.75 Å². The molecule has 0 aliphatic carbocycles. The van der Waals surface area contributed by atoms with Crippen molar-refractivity contribution in [2.75, 3.05) is 19.7 Å². The summed E-state index contributed by atoms with van der Waals surface area (Å²) < 4.78 is 5.50. The molecule has 0 spiro atoms. The van der Waals surface area contributed by atoms with Crippen LogP contribution in [-0.4, -0.2) is 24.8 Å². The quantitative estimate of drug-likeness (QED) is 0.753. The van der Waals surface area contributed by atoms with Crippen LogP contribution in [-0.2, 0) is 11.3 Å². The Morgan fingerprint density at radius 2 is 2.14 bits per heavy atom. The van der Waals surface area contributed by atoms with Gasteiger partial charge in [-0.1, -0.05) is 18.2 Å². The Bertz CT molecular complexity index is 297. The van der Waals surface area contributed by atoms with Gasteiger partial charge in [0.1, 0.15) is 5.75 Å². The number of hydrogen-bond acceptors (Lipinski definition) is 3. The third kappa shape index (κ3) is 2.25. The van der Waals surface area contributed by atoms with E-state index in [2.05, 4.69) is 5.32 Å². The molecule has 1 fully saturated rings. The minimum Gasteiger partial charge on any atom is -0.508 e. The van der Waals surface area contributed by atoms with Gasteiger partial charge in [0.15, 0.2) is 0 Å². The third-order valence-electron chi connectivity index (χ3n) is 2.47. The fraction of sp³-hybridized carbons (Fsp3) is 0.455. The summed E-state index contributed by atoms with van der Waals surface area (Å²) in [4.78, 5) is 0. The molecule has 1 aliphatic rings. The van der Waals surface area contributed by atoms with Crippen LogP contribution >= 0.6 is 0 Å². The molecule has 1 aromatic rings. The van der Waals surface area contributed by atoms with Crippen molar-refractivity contribution >= 4 is 0 Å². The second-order valence-corrected chi connectivity index (χ2v) is 3.67. The van der Waals surface area contributed by atoms with Gasteiger partial charge >= 0.3 is 0 Å². The van der Waals surface area contributed by atoms with Crippen LogP contribution in [0.4, 0.5) is 0 Å². The first-order valence-corrected chi connectivity index (χ1v) is 4.91. The average Bonchev–Trinajstić information content (AvgIpc) is 2.12. The van der Waals surface area contributed by atoms with Crippen molar-refractivity contribution in [3.63, 3.8) is 0 Å². The predicted molar refractivity (Wildman–Crippen MR) is 54.1 cm³/mol. The van der Waals surface area contributed by atoms with Crippen LogP contribution in [0.25, 0.3) is 0 Å². The van der Waals surface area contributed by atoms with E-state index in [-0.39, 0.29) is 0 Å². The Labute approximate surface area is 83.7 Å². The highest BCUT2D eigenvalue weighted by Gasteiger charge is 2.16. The Morgan fingerprint density at radius 1 is 1.36 bits per heavy atom. The second-order valence-electron chi connectivity index (χ2n) is 3.67. The summed E-state index contributed by atoms with van der Waals surface area (Å²) in [5, 5.41) is 12.6. The maximum Gasteiger partial charge on any atom is 0.121 e. The zero-order chi connectivity index (χ0) is 9.80. The molecule has 1 saturated heterocycles. The van der Waals surface area contributed by atoms with E-state index in [1.54, 1.807) is 6.07 Å². The van der Waals surface area contributed by atoms with Gasteiger partial charge in [-0.15, -0.1) is 0 Å². The molecule has 1 aromatic carbocycles. The molecule has 0 radical (unpaired) electrons. The lowest BCUT2D eigenvalue weighted by atomic mass is 10.1. The molecule has 0 saturated carbocycles. The molecule has 0 atom stereocenters. The molecule has 2 rings (SSSR count). The van der Waals surface area contributed by atoms with E-state index in [0.29, 0.717) is 18.3 Å². The summed E-state index contributed by atoms with van der Waals surface area (Å²) >= 11 is 0. The van der Waals surface area contributed by atoms with Crippen molar-refractivity contribution in [2.24, 2.45) is 5.92 Å². The number of phenolic OH excluding ortho intramolecular Hbond substituents is 1. The van der Waals surface area contributed by atoms with Gasteiger partial charge in [0.2, 0.25) is 0 Å². The van der Waals surface area contributed by atoms with Gasteiger partial charge in [0, 0.05) is 24.6 Å². The van der Waals surface area contributed by atoms with Crippen LogP contribution in [0.15, 0.2) is 24.3 Å². The molecule has 1 heterocycles. The van der Waals surface area contributed by atoms with E-state index < -0.39 is 0 Å². The number of rotatable bonds is 4. The normalized spacial score (nSPS) is 16.6. The van der Waals surface area contributed by atoms with Gasteiger partial charge in [-0.3, -0.25) is 0 Å². The molecule has 0 bridgehead atoms. The highest BCUT2D eigenvalue weighted by molar-refractivity contribution is 5.30. The molecule has 76 valence electrons. The fourth-order valence-electron chi connectivity index (χ4n) is 1.43. The lowest BCUT2D eigenvalue weighted by molar-refractivity contribution is 0.0679. The van der Waals surface area contributed by atoms with Gasteiger partial charge in [-0.05, 0) is 6.07 Å². The SMILES string of the molecule is Oc1ccccc1COCC1CNC1. The van der Waals surface area contributed by atoms with E-state index in [4.69, 9.17) is 4.74 Å². The molecule has 2 N–H and O–H groups in total. The largest absolute Gasteiger partial charge is 0.508 e. The molecule has 0 unspecified atom stereocenters. The number of para-hydroxylation sites is 1. The van der Waals surface area contributed by atoms with Crippen molar-refractivity contribution < 1.29 is 9.84 Å². The zero-order valence-electron chi connectivity index (χ0n) is 8.07. The summed E-state index contributed by atoms with van der Waals surface area (Å²) in [6.07, 6.45) is 0.